The summed E-state index contributed by atoms with van der Waals surface area (Å²) >= 11 is 5.76. The Kier molecular flexibility index (Phi) is 9.59. The van der Waals surface area contributed by atoms with Gasteiger partial charge in [0.2, 0.25) is 0 Å². The van der Waals surface area contributed by atoms with Crippen molar-refractivity contribution in [2.75, 3.05) is 5.32 Å². The molecule has 2 aromatic carbocycles. The van der Waals surface area contributed by atoms with E-state index in [4.69, 9.17) is 31.4 Å². The van der Waals surface area contributed by atoms with Crippen LogP contribution in [0.15, 0.2) is 36.4 Å². The molecule has 7 nitrogen and oxygen atoms in total. The van der Waals surface area contributed by atoms with Gasteiger partial charge in [-0.2, -0.15) is 22.0 Å². The molecule has 0 aromatic heterocycles. The fourth-order valence-corrected chi connectivity index (χ4v) is 3.87. The van der Waals surface area contributed by atoms with Crippen molar-refractivity contribution in [3.05, 3.63) is 46.4 Å². The van der Waals surface area contributed by atoms with Gasteiger partial charge in [0.05, 0.1) is 0 Å². The van der Waals surface area contributed by atoms with Crippen molar-refractivity contribution in [3.8, 4) is 11.5 Å². The fraction of sp³-hybridized carbons (Fsp3) is 0.235. The number of phenols is 1. The van der Waals surface area contributed by atoms with Crippen LogP contribution >= 0.6 is 23.2 Å². The second kappa shape index (κ2) is 10.9. The smallest absolute Gasteiger partial charge is 0.430 e. The minimum Gasteiger partial charge on any atom is -0.430 e. The topological polar surface area (TPSA) is 116 Å². The van der Waals surface area contributed by atoms with Crippen LogP contribution in [0.4, 0.5) is 32.0 Å². The van der Waals surface area contributed by atoms with E-state index in [1.807, 2.05) is 0 Å². The number of carbonyl (C=O) groups excluding carboxylic acids is 1. The van der Waals surface area contributed by atoms with Gasteiger partial charge in [-0.1, -0.05) is 23.2 Å². The van der Waals surface area contributed by atoms with E-state index in [1.165, 1.54) is 13.0 Å². The molecular formula is C17H14AsCl2F6NO6. The predicted octanol–water partition coefficient (Wildman–Crippen LogP) is 3.78. The maximum Gasteiger partial charge on any atom is 0.439 e. The van der Waals surface area contributed by atoms with Gasteiger partial charge in [0.15, 0.2) is 0 Å². The van der Waals surface area contributed by atoms with Gasteiger partial charge in [-0.05, 0) is 18.2 Å². The van der Waals surface area contributed by atoms with Crippen LogP contribution in [0.2, 0.25) is 10.0 Å². The van der Waals surface area contributed by atoms with Crippen molar-refractivity contribution in [1.29, 1.82) is 0 Å². The van der Waals surface area contributed by atoms with Crippen LogP contribution in [0, 0.1) is 0 Å². The number of alkyl halides is 6. The van der Waals surface area contributed by atoms with Gasteiger partial charge >= 0.3 is 100 Å². The second-order valence-electron chi connectivity index (χ2n) is 6.10. The molecule has 2 rings (SSSR count). The number of hydrogen-bond donors (Lipinski definition) is 4. The van der Waals surface area contributed by atoms with Crippen LogP contribution in [-0.4, -0.2) is 51.8 Å². The third kappa shape index (κ3) is 9.38. The largest absolute Gasteiger partial charge is 0.439 e. The average molecular weight is 588 g/mol. The van der Waals surface area contributed by atoms with E-state index in [0.29, 0.717) is 0 Å². The van der Waals surface area contributed by atoms with Crippen LogP contribution in [0.3, 0.4) is 0 Å². The summed E-state index contributed by atoms with van der Waals surface area (Å²) in [6.07, 6.45) is -15.3. The Labute approximate surface area is 194 Å². The number of phenolic OH excluding ortho intramolecular Hbond substituents is 1. The quantitative estimate of drug-likeness (QED) is 0.313. The molecule has 1 unspecified atom stereocenters. The summed E-state index contributed by atoms with van der Waals surface area (Å²) in [6.45, 7) is 1.29. The monoisotopic (exact) mass is 587 g/mol. The summed E-state index contributed by atoms with van der Waals surface area (Å²) in [7, 11) is 0. The van der Waals surface area contributed by atoms with Crippen molar-refractivity contribution in [1.82, 2.24) is 0 Å². The molecule has 0 saturated carbocycles. The summed E-state index contributed by atoms with van der Waals surface area (Å²) in [5.41, 5.74) is 0.285. The first kappa shape index (κ1) is 29.0. The molecule has 1 amide bonds. The average Bonchev–Trinajstić information content (AvgIpc) is 2.57. The maximum atomic E-state index is 12.9. The van der Waals surface area contributed by atoms with E-state index in [9.17, 15) is 40.0 Å². The van der Waals surface area contributed by atoms with Crippen LogP contribution in [0.1, 0.15) is 6.92 Å². The van der Waals surface area contributed by atoms with Crippen LogP contribution in [-0.2, 0) is 8.53 Å². The first-order valence-electron chi connectivity index (χ1n) is 8.23. The summed E-state index contributed by atoms with van der Waals surface area (Å²) < 4.78 is 106. The zero-order valence-electron chi connectivity index (χ0n) is 16.1. The molecule has 184 valence electrons. The number of nitrogens with one attached hydrogen (secondary N) is 1. The van der Waals surface area contributed by atoms with E-state index < -0.39 is 48.5 Å². The Morgan fingerprint density at radius 1 is 1.06 bits per heavy atom. The van der Waals surface area contributed by atoms with Gasteiger partial charge in [0.1, 0.15) is 5.75 Å². The molecule has 1 atom stereocenters. The molecule has 16 heteroatoms. The Bertz CT molecular complexity index is 1030. The zero-order chi connectivity index (χ0) is 25.8. The minimum absolute atomic E-state index is 0.143. The Hall–Kier alpha value is -2.05. The minimum atomic E-state index is -5.74. The summed E-state index contributed by atoms with van der Waals surface area (Å²) in [5.74, 6) is -1.62. The normalized spacial score (nSPS) is 12.9. The van der Waals surface area contributed by atoms with E-state index in [-0.39, 0.29) is 21.6 Å². The number of carbonyl (C=O) groups is 1. The molecule has 0 aliphatic rings. The SMILES string of the molecule is CC(=O)Nc1ccc([As](=O)(O)O)c(O)c1.FC(C(F)(F)F)C(F)(F)Oc1cc(Cl)cc(Cl)c1. The van der Waals surface area contributed by atoms with Crippen molar-refractivity contribution in [2.45, 2.75) is 25.4 Å². The van der Waals surface area contributed by atoms with Gasteiger partial charge in [0.25, 0.3) is 6.17 Å². The summed E-state index contributed by atoms with van der Waals surface area (Å²) in [4.78, 5) is 10.7. The third-order valence-corrected chi connectivity index (χ3v) is 5.83. The molecule has 33 heavy (non-hydrogen) atoms. The molecule has 0 aliphatic heterocycles. The number of aromatic hydroxyl groups is 1. The van der Waals surface area contributed by atoms with E-state index in [0.717, 1.165) is 30.3 Å². The zero-order valence-corrected chi connectivity index (χ0v) is 19.5. The molecule has 4 N–H and O–H groups in total. The van der Waals surface area contributed by atoms with E-state index in [2.05, 4.69) is 10.1 Å². The molecule has 0 heterocycles. The third-order valence-electron chi connectivity index (χ3n) is 3.28. The van der Waals surface area contributed by atoms with Crippen molar-refractivity contribution in [3.63, 3.8) is 0 Å². The predicted molar refractivity (Wildman–Crippen MR) is 106 cm³/mol. The van der Waals surface area contributed by atoms with Crippen molar-refractivity contribution in [2.24, 2.45) is 0 Å². The van der Waals surface area contributed by atoms with E-state index in [1.54, 1.807) is 0 Å². The molecule has 2 aromatic rings. The number of rotatable bonds is 5. The Morgan fingerprint density at radius 2 is 1.58 bits per heavy atom. The summed E-state index contributed by atoms with van der Waals surface area (Å²) in [6, 6.07) is 6.22. The Morgan fingerprint density at radius 3 is 1.97 bits per heavy atom. The number of ether oxygens (including phenoxy) is 1. The fourth-order valence-electron chi connectivity index (χ4n) is 2.04. The van der Waals surface area contributed by atoms with Crippen LogP contribution in [0.25, 0.3) is 0 Å². The molecule has 0 saturated heterocycles. The van der Waals surface area contributed by atoms with Crippen LogP contribution in [0.5, 0.6) is 11.5 Å². The van der Waals surface area contributed by atoms with Gasteiger partial charge in [-0.25, -0.2) is 4.39 Å². The molecule has 0 fully saturated rings. The molecule has 0 aliphatic carbocycles. The number of amides is 1. The standard InChI is InChI=1S/C9H4Cl2F6O.C8H10AsNO5/c10-4-1-5(11)3-6(2-4)18-9(16,17)7(12)8(13,14)15;1-5(11)10-6-2-3-7(8(12)4-6)9(13,14)15/h1-3,7H;2-4,12H,1H3,(H,10,11)(H2,13,14,15). The van der Waals surface area contributed by atoms with Crippen LogP contribution < -0.4 is 14.4 Å². The van der Waals surface area contributed by atoms with E-state index >= 15 is 0 Å². The van der Waals surface area contributed by atoms with Gasteiger partial charge < -0.3 is 4.74 Å². The maximum absolute atomic E-state index is 12.9. The first-order chi connectivity index (χ1) is 14.8. The Balaban J connectivity index is 0.000000335. The van der Waals surface area contributed by atoms with Crippen molar-refractivity contribution < 1.29 is 52.9 Å². The molecule has 0 spiro atoms. The molecular weight excluding hydrogens is 574 g/mol. The second-order valence-corrected chi connectivity index (χ2v) is 10.3. The van der Waals surface area contributed by atoms with Crippen molar-refractivity contribution >= 4 is 53.3 Å². The molecule has 0 radical (unpaired) electrons. The number of benzene rings is 2. The van der Waals surface area contributed by atoms with Gasteiger partial charge in [-0.15, -0.1) is 0 Å². The van der Waals surface area contributed by atoms with Gasteiger partial charge in [-0.3, -0.25) is 0 Å². The van der Waals surface area contributed by atoms with Gasteiger partial charge in [0, 0.05) is 10.0 Å². The molecule has 0 bridgehead atoms. The first-order valence-corrected chi connectivity index (χ1v) is 12.4. The summed E-state index contributed by atoms with van der Waals surface area (Å²) in [5, 5.41) is 11.4. The number of hydrogen-bond acceptors (Lipinski definition) is 4. The number of halogens is 8. The number of anilines is 1.